The third-order valence-corrected chi connectivity index (χ3v) is 5.81. The minimum Gasteiger partial charge on any atom is -0.489 e. The number of fused-ring (bicyclic) bond motifs is 3. The van der Waals surface area contributed by atoms with Crippen LogP contribution in [0, 0.1) is 0 Å². The van der Waals surface area contributed by atoms with Gasteiger partial charge in [0.15, 0.2) is 11.5 Å². The molecule has 4 heteroatoms. The summed E-state index contributed by atoms with van der Waals surface area (Å²) in [7, 11) is 0. The van der Waals surface area contributed by atoms with Gasteiger partial charge in [0, 0.05) is 20.5 Å². The van der Waals surface area contributed by atoms with Crippen molar-refractivity contribution in [2.45, 2.75) is 13.8 Å². The maximum Gasteiger partial charge on any atom is 0.170 e. The molecule has 0 aliphatic rings. The summed E-state index contributed by atoms with van der Waals surface area (Å²) in [5, 5.41) is 2.21. The van der Waals surface area contributed by atoms with Crippen LogP contribution in [0.2, 0.25) is 0 Å². The van der Waals surface area contributed by atoms with Crippen LogP contribution in [-0.4, -0.2) is 13.2 Å². The molecule has 22 heavy (non-hydrogen) atoms. The predicted octanol–water partition coefficient (Wildman–Crippen LogP) is 6.20. The molecule has 0 fully saturated rings. The second kappa shape index (κ2) is 6.15. The zero-order chi connectivity index (χ0) is 15.7. The van der Waals surface area contributed by atoms with E-state index in [0.29, 0.717) is 13.2 Å². The smallest absolute Gasteiger partial charge is 0.170 e. The van der Waals surface area contributed by atoms with Gasteiger partial charge in [-0.05, 0) is 26.0 Å². The molecule has 0 aliphatic carbocycles. The van der Waals surface area contributed by atoms with Crippen molar-refractivity contribution in [3.05, 3.63) is 35.0 Å². The lowest BCUT2D eigenvalue weighted by molar-refractivity contribution is 0.294. The van der Waals surface area contributed by atoms with Gasteiger partial charge in [-0.3, -0.25) is 0 Å². The average Bonchev–Trinajstić information content (AvgIpc) is 3.13. The summed E-state index contributed by atoms with van der Waals surface area (Å²) in [5.41, 5.74) is 0. The van der Waals surface area contributed by atoms with Crippen molar-refractivity contribution in [3.8, 4) is 11.5 Å². The molecule has 0 unspecified atom stereocenters. The van der Waals surface area contributed by atoms with Crippen LogP contribution >= 0.6 is 22.7 Å². The van der Waals surface area contributed by atoms with Crippen LogP contribution in [0.5, 0.6) is 11.5 Å². The quantitative estimate of drug-likeness (QED) is 0.536. The fraction of sp³-hybridized carbons (Fsp3) is 0.222. The van der Waals surface area contributed by atoms with Crippen molar-refractivity contribution in [1.82, 2.24) is 0 Å². The van der Waals surface area contributed by atoms with E-state index in [1.54, 1.807) is 22.7 Å². The van der Waals surface area contributed by atoms with Gasteiger partial charge in [0.25, 0.3) is 0 Å². The lowest BCUT2D eigenvalue weighted by Gasteiger charge is -2.13. The Hall–Kier alpha value is -1.78. The van der Waals surface area contributed by atoms with Gasteiger partial charge in [0.1, 0.15) is 0 Å². The second-order valence-electron chi connectivity index (χ2n) is 4.72. The highest BCUT2D eigenvalue weighted by atomic mass is 32.1. The molecular formula is C18H18O2S2. The van der Waals surface area contributed by atoms with Gasteiger partial charge in [0.2, 0.25) is 0 Å². The molecule has 0 aliphatic heterocycles. The minimum absolute atomic E-state index is 0.610. The van der Waals surface area contributed by atoms with Gasteiger partial charge in [-0.2, -0.15) is 0 Å². The Morgan fingerprint density at radius 1 is 0.864 bits per heavy atom. The molecule has 0 atom stereocenters. The van der Waals surface area contributed by atoms with E-state index in [1.807, 2.05) is 26.0 Å². The summed E-state index contributed by atoms with van der Waals surface area (Å²) >= 11 is 3.48. The summed E-state index contributed by atoms with van der Waals surface area (Å²) in [6.07, 6.45) is 3.77. The van der Waals surface area contributed by atoms with Gasteiger partial charge in [-0.1, -0.05) is 25.3 Å². The van der Waals surface area contributed by atoms with Crippen molar-refractivity contribution >= 4 is 55.0 Å². The number of hydrogen-bond donors (Lipinski definition) is 0. The maximum absolute atomic E-state index is 5.94. The van der Waals surface area contributed by atoms with Crippen LogP contribution in [0.4, 0.5) is 0 Å². The standard InChI is InChI=1S/C18H18O2S2/c1-5-11-9-13-15(19-7-3)16(20-8-4)14-10-12(6-2)22-18(14)17(13)21-11/h5-6,9-10H,1-2,7-8H2,3-4H3. The normalized spacial score (nSPS) is 11.0. The van der Waals surface area contributed by atoms with E-state index in [-0.39, 0.29) is 0 Å². The molecule has 3 rings (SSSR count). The Balaban J connectivity index is 2.47. The molecule has 0 spiro atoms. The van der Waals surface area contributed by atoms with Crippen molar-refractivity contribution in [1.29, 1.82) is 0 Å². The monoisotopic (exact) mass is 330 g/mol. The fourth-order valence-electron chi connectivity index (χ4n) is 2.52. The average molecular weight is 330 g/mol. The van der Waals surface area contributed by atoms with Crippen LogP contribution in [0.15, 0.2) is 25.3 Å². The summed E-state index contributed by atoms with van der Waals surface area (Å²) in [5.74, 6) is 1.68. The largest absolute Gasteiger partial charge is 0.489 e. The van der Waals surface area contributed by atoms with E-state index in [0.717, 1.165) is 32.0 Å². The van der Waals surface area contributed by atoms with Crippen molar-refractivity contribution < 1.29 is 9.47 Å². The summed E-state index contributed by atoms with van der Waals surface area (Å²) < 4.78 is 14.3. The Morgan fingerprint density at radius 2 is 1.27 bits per heavy atom. The fourth-order valence-corrected chi connectivity index (χ4v) is 4.69. The third kappa shape index (κ3) is 2.32. The van der Waals surface area contributed by atoms with Crippen LogP contribution in [-0.2, 0) is 0 Å². The van der Waals surface area contributed by atoms with Gasteiger partial charge < -0.3 is 9.47 Å². The van der Waals surface area contributed by atoms with Crippen LogP contribution in [0.1, 0.15) is 23.6 Å². The number of hydrogen-bond acceptors (Lipinski definition) is 4. The predicted molar refractivity (Wildman–Crippen MR) is 99.7 cm³/mol. The lowest BCUT2D eigenvalue weighted by Crippen LogP contribution is -1.99. The van der Waals surface area contributed by atoms with E-state index in [2.05, 4.69) is 25.3 Å². The lowest BCUT2D eigenvalue weighted by atomic mass is 10.1. The van der Waals surface area contributed by atoms with Crippen molar-refractivity contribution in [3.63, 3.8) is 0 Å². The first kappa shape index (κ1) is 15.1. The molecule has 2 nitrogen and oxygen atoms in total. The molecule has 0 N–H and O–H groups in total. The van der Waals surface area contributed by atoms with E-state index >= 15 is 0 Å². The number of ether oxygens (including phenoxy) is 2. The molecule has 2 heterocycles. The summed E-state index contributed by atoms with van der Waals surface area (Å²) in [4.78, 5) is 2.28. The molecule has 0 bridgehead atoms. The first-order chi connectivity index (χ1) is 10.7. The minimum atomic E-state index is 0.610. The zero-order valence-corrected chi connectivity index (χ0v) is 14.4. The van der Waals surface area contributed by atoms with E-state index in [9.17, 15) is 0 Å². The van der Waals surface area contributed by atoms with Crippen LogP contribution in [0.3, 0.4) is 0 Å². The van der Waals surface area contributed by atoms with Gasteiger partial charge >= 0.3 is 0 Å². The van der Waals surface area contributed by atoms with Gasteiger partial charge in [0.05, 0.1) is 22.6 Å². The first-order valence-electron chi connectivity index (χ1n) is 7.26. The Kier molecular flexibility index (Phi) is 4.23. The topological polar surface area (TPSA) is 18.5 Å². The van der Waals surface area contributed by atoms with Crippen LogP contribution in [0.25, 0.3) is 32.3 Å². The van der Waals surface area contributed by atoms with Gasteiger partial charge in [-0.25, -0.2) is 0 Å². The molecule has 0 saturated carbocycles. The van der Waals surface area contributed by atoms with Crippen molar-refractivity contribution in [2.24, 2.45) is 0 Å². The molecule has 0 radical (unpaired) electrons. The number of benzene rings is 1. The maximum atomic E-state index is 5.94. The molecule has 1 aromatic carbocycles. The molecule has 0 saturated heterocycles. The Bertz CT molecular complexity index is 784. The van der Waals surface area contributed by atoms with E-state index in [1.165, 1.54) is 9.40 Å². The van der Waals surface area contributed by atoms with E-state index < -0.39 is 0 Å². The third-order valence-electron chi connectivity index (χ3n) is 3.38. The van der Waals surface area contributed by atoms with Gasteiger partial charge in [-0.15, -0.1) is 22.7 Å². The molecule has 114 valence electrons. The molecule has 0 amide bonds. The zero-order valence-electron chi connectivity index (χ0n) is 12.8. The second-order valence-corrected chi connectivity index (χ2v) is 6.88. The number of rotatable bonds is 6. The number of thiophene rings is 2. The molecule has 3 aromatic rings. The van der Waals surface area contributed by atoms with Crippen molar-refractivity contribution in [2.75, 3.05) is 13.2 Å². The summed E-state index contributed by atoms with van der Waals surface area (Å²) in [6, 6.07) is 4.26. The SMILES string of the molecule is C=Cc1cc2c(OCC)c(OCC)c3cc(C=C)sc3c2s1. The Morgan fingerprint density at radius 3 is 1.59 bits per heavy atom. The van der Waals surface area contributed by atoms with E-state index in [4.69, 9.17) is 9.47 Å². The molecular weight excluding hydrogens is 312 g/mol. The summed E-state index contributed by atoms with van der Waals surface area (Å²) in [6.45, 7) is 13.0. The highest BCUT2D eigenvalue weighted by Crippen LogP contribution is 2.49. The first-order valence-corrected chi connectivity index (χ1v) is 8.90. The highest BCUT2D eigenvalue weighted by molar-refractivity contribution is 7.28. The highest BCUT2D eigenvalue weighted by Gasteiger charge is 2.20. The Labute approximate surface area is 138 Å². The van der Waals surface area contributed by atoms with Crippen LogP contribution < -0.4 is 9.47 Å². The molecule has 2 aromatic heterocycles.